The molecule has 1 aromatic rings. The zero-order valence-electron chi connectivity index (χ0n) is 19.7. The number of halogens is 2. The van der Waals surface area contributed by atoms with Crippen molar-refractivity contribution in [2.24, 2.45) is 23.2 Å². The number of rotatable bonds is 9. The van der Waals surface area contributed by atoms with Crippen molar-refractivity contribution in [2.75, 3.05) is 26.2 Å². The van der Waals surface area contributed by atoms with Gasteiger partial charge in [-0.25, -0.2) is 4.39 Å². The second-order valence-corrected chi connectivity index (χ2v) is 10.9. The molecule has 0 aromatic heterocycles. The van der Waals surface area contributed by atoms with Gasteiger partial charge in [0.25, 0.3) is 0 Å². The quantitative estimate of drug-likeness (QED) is 0.440. The molecule has 1 aliphatic heterocycles. The van der Waals surface area contributed by atoms with Crippen LogP contribution in [-0.2, 0) is 6.42 Å². The van der Waals surface area contributed by atoms with Crippen molar-refractivity contribution in [1.82, 2.24) is 10.2 Å². The zero-order valence-corrected chi connectivity index (χ0v) is 20.5. The van der Waals surface area contributed by atoms with Crippen LogP contribution in [0.3, 0.4) is 0 Å². The smallest absolute Gasteiger partial charge is 0.123 e. The molecule has 0 amide bonds. The first kappa shape index (κ1) is 24.5. The Hall–Kier alpha value is -1.16. The second kappa shape index (κ2) is 11.1. The van der Waals surface area contributed by atoms with E-state index in [1.807, 2.05) is 12.1 Å². The van der Waals surface area contributed by atoms with Gasteiger partial charge in [0.15, 0.2) is 0 Å². The standard InChI is InChI=1S/C27H40ClFN2/c1-20(2)26(30-16-5-6-21-7-13-24(29)14-8-21)18-31-17-15-25(27(3,4)19-31)22-9-11-23(28)12-10-22/h7-9,11-14,20,22,25-26,30H,5-6,10,15-19H2,1-4H3/t22?,25-,26+/m1/s1. The third kappa shape index (κ3) is 7.17. The minimum absolute atomic E-state index is 0.159. The largest absolute Gasteiger partial charge is 0.312 e. The molecule has 3 atom stereocenters. The first-order valence-electron chi connectivity index (χ1n) is 12.0. The average molecular weight is 447 g/mol. The van der Waals surface area contributed by atoms with Crippen molar-refractivity contribution in [3.8, 4) is 0 Å². The topological polar surface area (TPSA) is 15.3 Å². The maximum Gasteiger partial charge on any atom is 0.123 e. The number of nitrogens with one attached hydrogen (secondary N) is 1. The van der Waals surface area contributed by atoms with Gasteiger partial charge in [-0.1, -0.05) is 63.6 Å². The van der Waals surface area contributed by atoms with Crippen LogP contribution in [0.1, 0.15) is 52.5 Å². The summed E-state index contributed by atoms with van der Waals surface area (Å²) in [5.74, 6) is 1.76. The van der Waals surface area contributed by atoms with E-state index in [9.17, 15) is 4.39 Å². The summed E-state index contributed by atoms with van der Waals surface area (Å²) < 4.78 is 13.1. The molecule has 1 N–H and O–H groups in total. The van der Waals surface area contributed by atoms with Crippen LogP contribution in [0.25, 0.3) is 0 Å². The van der Waals surface area contributed by atoms with Gasteiger partial charge >= 0.3 is 0 Å². The fourth-order valence-corrected chi connectivity index (χ4v) is 5.53. The molecule has 4 heteroatoms. The lowest BCUT2D eigenvalue weighted by Crippen LogP contribution is -2.52. The second-order valence-electron chi connectivity index (χ2n) is 10.5. The summed E-state index contributed by atoms with van der Waals surface area (Å²) in [4.78, 5) is 2.67. The van der Waals surface area contributed by atoms with Crippen LogP contribution >= 0.6 is 11.6 Å². The molecule has 3 rings (SSSR count). The van der Waals surface area contributed by atoms with Crippen LogP contribution < -0.4 is 5.32 Å². The van der Waals surface area contributed by atoms with E-state index in [1.165, 1.54) is 18.5 Å². The molecule has 31 heavy (non-hydrogen) atoms. The Kier molecular flexibility index (Phi) is 8.78. The normalized spacial score (nSPS) is 24.9. The SMILES string of the molecule is CC(C)[C@H](CN1CC[C@H](C2C=CC(Cl)=CC2)C(C)(C)C1)NCCCc1ccc(F)cc1. The van der Waals surface area contributed by atoms with Crippen molar-refractivity contribution < 1.29 is 4.39 Å². The van der Waals surface area contributed by atoms with Crippen LogP contribution in [0.15, 0.2) is 47.5 Å². The molecule has 0 spiro atoms. The number of hydrogen-bond donors (Lipinski definition) is 1. The van der Waals surface area contributed by atoms with E-state index >= 15 is 0 Å². The van der Waals surface area contributed by atoms with Gasteiger partial charge in [0.05, 0.1) is 0 Å². The molecule has 1 aliphatic carbocycles. The van der Waals surface area contributed by atoms with E-state index < -0.39 is 0 Å². The summed E-state index contributed by atoms with van der Waals surface area (Å²) in [6, 6.07) is 7.40. The minimum Gasteiger partial charge on any atom is -0.312 e. The van der Waals surface area contributed by atoms with Crippen molar-refractivity contribution in [3.05, 3.63) is 58.9 Å². The van der Waals surface area contributed by atoms with E-state index in [0.717, 1.165) is 43.9 Å². The first-order chi connectivity index (χ1) is 14.7. The Morgan fingerprint density at radius 1 is 1.23 bits per heavy atom. The summed E-state index contributed by atoms with van der Waals surface area (Å²) in [5.41, 5.74) is 1.51. The molecular weight excluding hydrogens is 407 g/mol. The van der Waals surface area contributed by atoms with E-state index in [-0.39, 0.29) is 5.82 Å². The molecule has 1 aromatic carbocycles. The van der Waals surface area contributed by atoms with Crippen LogP contribution in [-0.4, -0.2) is 37.1 Å². The lowest BCUT2D eigenvalue weighted by atomic mass is 9.66. The Labute approximate surface area is 193 Å². The number of piperidine rings is 1. The monoisotopic (exact) mass is 446 g/mol. The molecule has 1 unspecified atom stereocenters. The molecule has 1 saturated heterocycles. The number of hydrogen-bond acceptors (Lipinski definition) is 2. The van der Waals surface area contributed by atoms with Crippen molar-refractivity contribution in [1.29, 1.82) is 0 Å². The third-order valence-electron chi connectivity index (χ3n) is 7.22. The summed E-state index contributed by atoms with van der Waals surface area (Å²) in [5, 5.41) is 4.69. The predicted molar refractivity (Wildman–Crippen MR) is 131 cm³/mol. The van der Waals surface area contributed by atoms with Crippen molar-refractivity contribution in [2.45, 2.75) is 59.4 Å². The maximum atomic E-state index is 13.1. The first-order valence-corrected chi connectivity index (χ1v) is 12.4. The highest BCUT2D eigenvalue weighted by Crippen LogP contribution is 2.43. The molecule has 2 aliphatic rings. The highest BCUT2D eigenvalue weighted by molar-refractivity contribution is 6.31. The van der Waals surface area contributed by atoms with Crippen LogP contribution in [0.2, 0.25) is 0 Å². The van der Waals surface area contributed by atoms with Gasteiger partial charge in [0.1, 0.15) is 5.82 Å². The highest BCUT2D eigenvalue weighted by Gasteiger charge is 2.39. The van der Waals surface area contributed by atoms with Gasteiger partial charge in [-0.2, -0.15) is 0 Å². The van der Waals surface area contributed by atoms with Crippen molar-refractivity contribution in [3.63, 3.8) is 0 Å². The van der Waals surface area contributed by atoms with E-state index in [0.29, 0.717) is 29.2 Å². The number of allylic oxidation sites excluding steroid dienone is 4. The Morgan fingerprint density at radius 3 is 2.58 bits per heavy atom. The number of nitrogens with zero attached hydrogens (tertiary/aromatic N) is 1. The summed E-state index contributed by atoms with van der Waals surface area (Å²) in [7, 11) is 0. The third-order valence-corrected chi connectivity index (χ3v) is 7.50. The molecule has 2 nitrogen and oxygen atoms in total. The van der Waals surface area contributed by atoms with Gasteiger partial charge in [0, 0.05) is 24.2 Å². The number of aryl methyl sites for hydroxylation is 1. The summed E-state index contributed by atoms with van der Waals surface area (Å²) in [6.07, 6.45) is 11.0. The zero-order chi connectivity index (χ0) is 22.4. The maximum absolute atomic E-state index is 13.1. The molecule has 1 fully saturated rings. The molecule has 0 radical (unpaired) electrons. The molecule has 0 bridgehead atoms. The fraction of sp³-hybridized carbons (Fsp3) is 0.630. The van der Waals surface area contributed by atoms with Gasteiger partial charge in [-0.15, -0.1) is 0 Å². The number of likely N-dealkylation sites (tertiary alicyclic amines) is 1. The molecular formula is C27H40ClFN2. The molecule has 0 saturated carbocycles. The van der Waals surface area contributed by atoms with Gasteiger partial charge in [-0.05, 0) is 85.7 Å². The lowest BCUT2D eigenvalue weighted by molar-refractivity contribution is 0.0252. The molecule has 1 heterocycles. The molecule has 172 valence electrons. The van der Waals surface area contributed by atoms with Crippen molar-refractivity contribution >= 4 is 11.6 Å². The average Bonchev–Trinajstić information content (AvgIpc) is 2.72. The lowest BCUT2D eigenvalue weighted by Gasteiger charge is -2.48. The Balaban J connectivity index is 1.46. The summed E-state index contributed by atoms with van der Waals surface area (Å²) >= 11 is 6.14. The van der Waals surface area contributed by atoms with E-state index in [1.54, 1.807) is 12.1 Å². The summed E-state index contributed by atoms with van der Waals surface area (Å²) in [6.45, 7) is 14.0. The predicted octanol–water partition coefficient (Wildman–Crippen LogP) is 6.42. The van der Waals surface area contributed by atoms with Crippen LogP contribution in [0.4, 0.5) is 4.39 Å². The van der Waals surface area contributed by atoms with Gasteiger partial charge < -0.3 is 10.2 Å². The van der Waals surface area contributed by atoms with E-state index in [2.05, 4.69) is 56.1 Å². The minimum atomic E-state index is -0.159. The van der Waals surface area contributed by atoms with Crippen LogP contribution in [0, 0.1) is 29.0 Å². The van der Waals surface area contributed by atoms with Gasteiger partial charge in [-0.3, -0.25) is 0 Å². The highest BCUT2D eigenvalue weighted by atomic mass is 35.5. The Bertz CT molecular complexity index is 753. The van der Waals surface area contributed by atoms with Crippen LogP contribution in [0.5, 0.6) is 0 Å². The fourth-order valence-electron chi connectivity index (χ4n) is 5.36. The van der Waals surface area contributed by atoms with E-state index in [4.69, 9.17) is 11.6 Å². The number of benzene rings is 1. The Morgan fingerprint density at radius 2 is 1.97 bits per heavy atom. The van der Waals surface area contributed by atoms with Gasteiger partial charge in [0.2, 0.25) is 0 Å².